The lowest BCUT2D eigenvalue weighted by Gasteiger charge is -2.16. The van der Waals surface area contributed by atoms with Crippen LogP contribution in [0, 0.1) is 0 Å². The average molecular weight is 436 g/mol. The van der Waals surface area contributed by atoms with Crippen molar-refractivity contribution in [2.45, 2.75) is 38.2 Å². The van der Waals surface area contributed by atoms with E-state index in [0.717, 1.165) is 48.1 Å². The minimum Gasteiger partial charge on any atom is -0.493 e. The first kappa shape index (κ1) is 22.4. The summed E-state index contributed by atoms with van der Waals surface area (Å²) in [6.07, 6.45) is 3.92. The molecular weight excluding hydrogens is 406 g/mol. The van der Waals surface area contributed by atoms with Crippen molar-refractivity contribution < 1.29 is 29.2 Å². The van der Waals surface area contributed by atoms with Crippen molar-refractivity contribution in [2.24, 2.45) is 0 Å². The number of fused-ring (bicyclic) bond motifs is 1. The number of carbonyl (C=O) groups is 1. The Balaban J connectivity index is 1.46. The van der Waals surface area contributed by atoms with Crippen LogP contribution in [0.5, 0.6) is 17.2 Å². The third-order valence-electron chi connectivity index (χ3n) is 5.16. The van der Waals surface area contributed by atoms with Gasteiger partial charge in [0.15, 0.2) is 16.4 Å². The maximum absolute atomic E-state index is 11.6. The summed E-state index contributed by atoms with van der Waals surface area (Å²) in [6, 6.07) is 5.79. The summed E-state index contributed by atoms with van der Waals surface area (Å²) in [5, 5.41) is 22.9. The number of hydrogen-bond donors (Lipinski definition) is 3. The van der Waals surface area contributed by atoms with Gasteiger partial charge in [0, 0.05) is 17.0 Å². The van der Waals surface area contributed by atoms with E-state index in [2.05, 4.69) is 5.32 Å². The van der Waals surface area contributed by atoms with Crippen molar-refractivity contribution in [3.05, 3.63) is 39.1 Å². The average Bonchev–Trinajstić information content (AvgIpc) is 3.14. The van der Waals surface area contributed by atoms with Crippen LogP contribution in [0.4, 0.5) is 0 Å². The molecule has 0 spiro atoms. The highest BCUT2D eigenvalue weighted by Crippen LogP contribution is 2.40. The molecule has 2 aromatic rings. The molecular formula is C22H29NO6S. The van der Waals surface area contributed by atoms with E-state index in [4.69, 9.17) is 14.2 Å². The van der Waals surface area contributed by atoms with Gasteiger partial charge in [0.2, 0.25) is 0 Å². The van der Waals surface area contributed by atoms with Crippen LogP contribution in [-0.2, 0) is 19.3 Å². The Morgan fingerprint density at radius 3 is 2.70 bits per heavy atom. The molecule has 8 heteroatoms. The zero-order chi connectivity index (χ0) is 21.5. The van der Waals surface area contributed by atoms with Gasteiger partial charge >= 0.3 is 5.97 Å². The minimum absolute atomic E-state index is 0.0623. The van der Waals surface area contributed by atoms with E-state index < -0.39 is 12.1 Å². The number of aromatic carboxylic acids is 1. The lowest BCUT2D eigenvalue weighted by Crippen LogP contribution is -2.32. The fraction of sp³-hybridized carbons (Fsp3) is 0.500. The molecule has 1 atom stereocenters. The second-order valence-electron chi connectivity index (χ2n) is 7.28. The van der Waals surface area contributed by atoms with Gasteiger partial charge in [-0.3, -0.25) is 0 Å². The van der Waals surface area contributed by atoms with Crippen LogP contribution in [0.3, 0.4) is 0 Å². The predicted octanol–water partition coefficient (Wildman–Crippen LogP) is 2.91. The number of hydrogen-bond acceptors (Lipinski definition) is 7. The van der Waals surface area contributed by atoms with E-state index >= 15 is 0 Å². The Morgan fingerprint density at radius 2 is 1.97 bits per heavy atom. The molecule has 0 aliphatic heterocycles. The standard InChI is InChI=1S/C22H29NO6S/c1-27-17-8-7-14(11-18(17)28-2)9-10-23-12-15(24)13-29-20-16-5-3-4-6-19(16)30-21(20)22(25)26/h7-8,11,15,23-24H,3-6,9-10,12-13H2,1-2H3,(H,25,26). The second-order valence-corrected chi connectivity index (χ2v) is 8.39. The number of thiophene rings is 1. The van der Waals surface area contributed by atoms with Crippen molar-refractivity contribution in [3.63, 3.8) is 0 Å². The molecule has 1 aliphatic rings. The molecule has 1 aliphatic carbocycles. The predicted molar refractivity (Wildman–Crippen MR) is 116 cm³/mol. The molecule has 1 aromatic heterocycles. The van der Waals surface area contributed by atoms with Crippen molar-refractivity contribution >= 4 is 17.3 Å². The zero-order valence-corrected chi connectivity index (χ0v) is 18.2. The summed E-state index contributed by atoms with van der Waals surface area (Å²) >= 11 is 1.31. The second kappa shape index (κ2) is 10.7. The van der Waals surface area contributed by atoms with Crippen LogP contribution in [0.1, 0.15) is 38.5 Å². The third kappa shape index (κ3) is 5.44. The van der Waals surface area contributed by atoms with Gasteiger partial charge in [-0.1, -0.05) is 6.07 Å². The summed E-state index contributed by atoms with van der Waals surface area (Å²) in [6.45, 7) is 1.11. The van der Waals surface area contributed by atoms with Crippen molar-refractivity contribution in [1.29, 1.82) is 0 Å². The number of carboxylic acids is 1. The molecule has 3 rings (SSSR count). The SMILES string of the molecule is COc1ccc(CCNCC(O)COc2c(C(=O)O)sc3c2CCCC3)cc1OC. The first-order chi connectivity index (χ1) is 14.5. The molecule has 1 aromatic carbocycles. The van der Waals surface area contributed by atoms with Crippen molar-refractivity contribution in [1.82, 2.24) is 5.32 Å². The Hall–Kier alpha value is -2.29. The highest BCUT2D eigenvalue weighted by atomic mass is 32.1. The highest BCUT2D eigenvalue weighted by Gasteiger charge is 2.26. The number of methoxy groups -OCH3 is 2. The van der Waals surface area contributed by atoms with E-state index in [1.54, 1.807) is 14.2 Å². The van der Waals surface area contributed by atoms with Crippen LogP contribution >= 0.6 is 11.3 Å². The van der Waals surface area contributed by atoms with Crippen molar-refractivity contribution in [2.75, 3.05) is 33.9 Å². The zero-order valence-electron chi connectivity index (χ0n) is 17.4. The van der Waals surface area contributed by atoms with Gasteiger partial charge in [-0.25, -0.2) is 4.79 Å². The number of benzene rings is 1. The number of carboxylic acid groups (broad SMARTS) is 1. The molecule has 30 heavy (non-hydrogen) atoms. The summed E-state index contributed by atoms with van der Waals surface area (Å²) < 4.78 is 16.3. The Kier molecular flexibility index (Phi) is 7.95. The topological polar surface area (TPSA) is 97.2 Å². The number of aliphatic hydroxyl groups excluding tert-OH is 1. The Labute approximate surface area is 180 Å². The summed E-state index contributed by atoms with van der Waals surface area (Å²) in [5.74, 6) is 0.869. The van der Waals surface area contributed by atoms with E-state index in [1.165, 1.54) is 11.3 Å². The lowest BCUT2D eigenvalue weighted by atomic mass is 9.98. The van der Waals surface area contributed by atoms with Gasteiger partial charge in [0.05, 0.1) is 14.2 Å². The van der Waals surface area contributed by atoms with Gasteiger partial charge < -0.3 is 29.7 Å². The molecule has 0 saturated carbocycles. The van der Waals surface area contributed by atoms with Crippen LogP contribution in [0.2, 0.25) is 0 Å². The van der Waals surface area contributed by atoms with E-state index in [-0.39, 0.29) is 11.5 Å². The maximum Gasteiger partial charge on any atom is 0.349 e. The molecule has 7 nitrogen and oxygen atoms in total. The molecule has 0 amide bonds. The van der Waals surface area contributed by atoms with Crippen LogP contribution < -0.4 is 19.5 Å². The molecule has 0 fully saturated rings. The summed E-state index contributed by atoms with van der Waals surface area (Å²) in [5.41, 5.74) is 2.11. The fourth-order valence-corrected chi connectivity index (χ4v) is 4.78. The quantitative estimate of drug-likeness (QED) is 0.467. The van der Waals surface area contributed by atoms with E-state index in [9.17, 15) is 15.0 Å². The molecule has 1 unspecified atom stereocenters. The third-order valence-corrected chi connectivity index (χ3v) is 6.42. The summed E-state index contributed by atoms with van der Waals surface area (Å²) in [7, 11) is 3.21. The summed E-state index contributed by atoms with van der Waals surface area (Å²) in [4.78, 5) is 12.9. The van der Waals surface area contributed by atoms with Crippen LogP contribution in [-0.4, -0.2) is 56.2 Å². The smallest absolute Gasteiger partial charge is 0.349 e. The largest absolute Gasteiger partial charge is 0.493 e. The normalized spacial score (nSPS) is 14.1. The highest BCUT2D eigenvalue weighted by molar-refractivity contribution is 7.14. The van der Waals surface area contributed by atoms with Crippen LogP contribution in [0.15, 0.2) is 18.2 Å². The molecule has 0 saturated heterocycles. The van der Waals surface area contributed by atoms with E-state index in [0.29, 0.717) is 30.3 Å². The van der Waals surface area contributed by atoms with Gasteiger partial charge in [0.1, 0.15) is 18.5 Å². The minimum atomic E-state index is -0.966. The Morgan fingerprint density at radius 1 is 1.20 bits per heavy atom. The maximum atomic E-state index is 11.6. The molecule has 0 bridgehead atoms. The van der Waals surface area contributed by atoms with Crippen molar-refractivity contribution in [3.8, 4) is 17.2 Å². The fourth-order valence-electron chi connectivity index (χ4n) is 3.61. The van der Waals surface area contributed by atoms with Gasteiger partial charge in [-0.05, 0) is 56.3 Å². The van der Waals surface area contributed by atoms with Gasteiger partial charge in [0.25, 0.3) is 0 Å². The number of aryl methyl sites for hydroxylation is 1. The van der Waals surface area contributed by atoms with Gasteiger partial charge in [-0.2, -0.15) is 0 Å². The molecule has 3 N–H and O–H groups in total. The lowest BCUT2D eigenvalue weighted by molar-refractivity contribution is 0.0689. The number of rotatable bonds is 11. The number of nitrogens with one attached hydrogen (secondary N) is 1. The number of ether oxygens (including phenoxy) is 3. The van der Waals surface area contributed by atoms with E-state index in [1.807, 2.05) is 18.2 Å². The number of aliphatic hydroxyl groups is 1. The first-order valence-corrected chi connectivity index (χ1v) is 11.0. The van der Waals surface area contributed by atoms with Gasteiger partial charge in [-0.15, -0.1) is 11.3 Å². The molecule has 1 heterocycles. The molecule has 164 valence electrons. The first-order valence-electron chi connectivity index (χ1n) is 10.1. The Bertz CT molecular complexity index is 866. The van der Waals surface area contributed by atoms with Crippen LogP contribution in [0.25, 0.3) is 0 Å². The molecule has 0 radical (unpaired) electrons. The monoisotopic (exact) mass is 435 g/mol.